The van der Waals surface area contributed by atoms with Crippen LogP contribution in [-0.2, 0) is 5.67 Å². The molecule has 0 spiro atoms. The Balaban J connectivity index is 1.81. The molecule has 2 heteroatoms. The maximum absolute atomic E-state index is 17.5. The van der Waals surface area contributed by atoms with E-state index in [2.05, 4.69) is 31.2 Å². The van der Waals surface area contributed by atoms with Crippen molar-refractivity contribution in [3.63, 3.8) is 0 Å². The first kappa shape index (κ1) is 18.0. The van der Waals surface area contributed by atoms with Crippen LogP contribution in [0.5, 0.6) is 0 Å². The number of benzene rings is 4. The Morgan fingerprint density at radius 1 is 0.710 bits per heavy atom. The number of halogens is 1. The smallest absolute Gasteiger partial charge is 0.188 e. The summed E-state index contributed by atoms with van der Waals surface area (Å²) >= 11 is 0. The van der Waals surface area contributed by atoms with E-state index < -0.39 is 5.67 Å². The summed E-state index contributed by atoms with van der Waals surface area (Å²) in [4.78, 5) is 5.04. The molecule has 0 saturated carbocycles. The van der Waals surface area contributed by atoms with Gasteiger partial charge in [0.25, 0.3) is 0 Å². The first-order chi connectivity index (χ1) is 15.2. The molecule has 1 heterocycles. The molecule has 0 amide bonds. The standard InChI is InChI=1S/C29H20FN/c1-19-15-17-20(18-16-19)28-26-22-11-5-7-13-24(22)29(30,21-9-3-2-4-10-21)27(26)23-12-6-8-14-25(23)31-28/h2-18H,1H3. The second-order valence-electron chi connectivity index (χ2n) is 8.16. The summed E-state index contributed by atoms with van der Waals surface area (Å²) < 4.78 is 17.5. The number of para-hydroxylation sites is 1. The van der Waals surface area contributed by atoms with E-state index in [0.717, 1.165) is 33.3 Å². The molecule has 1 atom stereocenters. The van der Waals surface area contributed by atoms with Crippen molar-refractivity contribution in [2.75, 3.05) is 0 Å². The summed E-state index contributed by atoms with van der Waals surface area (Å²) in [7, 11) is 0. The highest BCUT2D eigenvalue weighted by Gasteiger charge is 2.47. The Morgan fingerprint density at radius 3 is 2.19 bits per heavy atom. The number of aromatic nitrogens is 1. The highest BCUT2D eigenvalue weighted by atomic mass is 19.1. The molecule has 1 aliphatic rings. The Bertz CT molecular complexity index is 1440. The van der Waals surface area contributed by atoms with Gasteiger partial charge in [0.05, 0.1) is 11.2 Å². The third-order valence-electron chi connectivity index (χ3n) is 6.30. The molecule has 0 fully saturated rings. The van der Waals surface area contributed by atoms with Gasteiger partial charge in [-0.15, -0.1) is 0 Å². The van der Waals surface area contributed by atoms with Gasteiger partial charge in [-0.1, -0.05) is 103 Å². The lowest BCUT2D eigenvalue weighted by atomic mass is 9.84. The topological polar surface area (TPSA) is 12.9 Å². The van der Waals surface area contributed by atoms with Crippen molar-refractivity contribution in [2.45, 2.75) is 12.6 Å². The molecule has 1 unspecified atom stereocenters. The van der Waals surface area contributed by atoms with Crippen LogP contribution in [0, 0.1) is 6.92 Å². The molecule has 0 N–H and O–H groups in total. The van der Waals surface area contributed by atoms with Crippen molar-refractivity contribution in [1.82, 2.24) is 4.98 Å². The summed E-state index contributed by atoms with van der Waals surface area (Å²) in [6, 6.07) is 33.5. The summed E-state index contributed by atoms with van der Waals surface area (Å²) in [6.45, 7) is 2.07. The van der Waals surface area contributed by atoms with Crippen molar-refractivity contribution in [2.24, 2.45) is 0 Å². The predicted octanol–water partition coefficient (Wildman–Crippen LogP) is 7.45. The minimum Gasteiger partial charge on any atom is -0.247 e. The lowest BCUT2D eigenvalue weighted by Crippen LogP contribution is -2.21. The highest BCUT2D eigenvalue weighted by molar-refractivity contribution is 6.02. The molecule has 1 aliphatic carbocycles. The number of hydrogen-bond donors (Lipinski definition) is 0. The van der Waals surface area contributed by atoms with Gasteiger partial charge in [0.2, 0.25) is 0 Å². The number of aryl methyl sites for hydroxylation is 1. The van der Waals surface area contributed by atoms with E-state index in [9.17, 15) is 0 Å². The number of alkyl halides is 1. The van der Waals surface area contributed by atoms with Gasteiger partial charge in [0, 0.05) is 27.6 Å². The van der Waals surface area contributed by atoms with E-state index in [1.165, 1.54) is 5.56 Å². The maximum atomic E-state index is 17.5. The number of fused-ring (bicyclic) bond motifs is 5. The Hall–Kier alpha value is -3.78. The second kappa shape index (κ2) is 6.61. The number of rotatable bonds is 2. The Labute approximate surface area is 180 Å². The van der Waals surface area contributed by atoms with Gasteiger partial charge in [0.15, 0.2) is 5.67 Å². The third-order valence-corrected chi connectivity index (χ3v) is 6.30. The predicted molar refractivity (Wildman–Crippen MR) is 125 cm³/mol. The van der Waals surface area contributed by atoms with Crippen LogP contribution in [-0.4, -0.2) is 4.98 Å². The largest absolute Gasteiger partial charge is 0.247 e. The Morgan fingerprint density at radius 2 is 1.39 bits per heavy atom. The van der Waals surface area contributed by atoms with Crippen LogP contribution in [0.4, 0.5) is 4.39 Å². The average molecular weight is 401 g/mol. The zero-order valence-corrected chi connectivity index (χ0v) is 17.1. The summed E-state index contributed by atoms with van der Waals surface area (Å²) in [5.74, 6) is 0. The van der Waals surface area contributed by atoms with Crippen molar-refractivity contribution < 1.29 is 4.39 Å². The molecule has 31 heavy (non-hydrogen) atoms. The van der Waals surface area contributed by atoms with Gasteiger partial charge in [-0.2, -0.15) is 0 Å². The van der Waals surface area contributed by atoms with E-state index in [4.69, 9.17) is 4.98 Å². The first-order valence-electron chi connectivity index (χ1n) is 10.5. The van der Waals surface area contributed by atoms with Crippen LogP contribution < -0.4 is 0 Å². The first-order valence-corrected chi connectivity index (χ1v) is 10.5. The van der Waals surface area contributed by atoms with Gasteiger partial charge in [-0.3, -0.25) is 0 Å². The molecule has 0 saturated heterocycles. The lowest BCUT2D eigenvalue weighted by molar-refractivity contribution is 0.290. The average Bonchev–Trinajstić information content (AvgIpc) is 3.10. The van der Waals surface area contributed by atoms with Crippen LogP contribution in [0.15, 0.2) is 103 Å². The van der Waals surface area contributed by atoms with E-state index in [-0.39, 0.29) is 0 Å². The fourth-order valence-electron chi connectivity index (χ4n) is 4.86. The van der Waals surface area contributed by atoms with E-state index >= 15 is 4.39 Å². The molecule has 6 rings (SSSR count). The molecule has 0 bridgehead atoms. The van der Waals surface area contributed by atoms with Crippen molar-refractivity contribution in [3.05, 3.63) is 125 Å². The van der Waals surface area contributed by atoms with E-state index in [0.29, 0.717) is 16.7 Å². The van der Waals surface area contributed by atoms with Crippen molar-refractivity contribution in [1.29, 1.82) is 0 Å². The third kappa shape index (κ3) is 2.51. The van der Waals surface area contributed by atoms with Crippen LogP contribution in [0.2, 0.25) is 0 Å². The van der Waals surface area contributed by atoms with Crippen LogP contribution in [0.25, 0.3) is 33.3 Å². The van der Waals surface area contributed by atoms with Gasteiger partial charge in [-0.25, -0.2) is 9.37 Å². The molecule has 1 nitrogen and oxygen atoms in total. The zero-order valence-electron chi connectivity index (χ0n) is 17.1. The SMILES string of the molecule is Cc1ccc(-c2nc3ccccc3c3c2-c2ccccc2C3(F)c2ccccc2)cc1. The number of nitrogens with zero attached hydrogens (tertiary/aromatic N) is 1. The molecule has 1 aromatic heterocycles. The van der Waals surface area contributed by atoms with Gasteiger partial charge < -0.3 is 0 Å². The van der Waals surface area contributed by atoms with Crippen LogP contribution in [0.3, 0.4) is 0 Å². The minimum atomic E-state index is -1.74. The van der Waals surface area contributed by atoms with E-state index in [1.54, 1.807) is 0 Å². The normalized spacial score (nSPS) is 16.8. The second-order valence-corrected chi connectivity index (χ2v) is 8.16. The van der Waals surface area contributed by atoms with Crippen molar-refractivity contribution >= 4 is 10.9 Å². The number of pyridine rings is 1. The quantitative estimate of drug-likeness (QED) is 0.299. The van der Waals surface area contributed by atoms with E-state index in [1.807, 2.05) is 78.9 Å². The fraction of sp³-hybridized carbons (Fsp3) is 0.0690. The molecule has 0 radical (unpaired) electrons. The monoisotopic (exact) mass is 401 g/mol. The Kier molecular flexibility index (Phi) is 3.85. The summed E-state index contributed by atoms with van der Waals surface area (Å²) in [5, 5.41) is 0.857. The minimum absolute atomic E-state index is 0.646. The summed E-state index contributed by atoms with van der Waals surface area (Å²) in [5.41, 5.74) is 5.91. The fourth-order valence-corrected chi connectivity index (χ4v) is 4.86. The maximum Gasteiger partial charge on any atom is 0.188 e. The number of hydrogen-bond acceptors (Lipinski definition) is 1. The van der Waals surface area contributed by atoms with Gasteiger partial charge in [-0.05, 0) is 24.1 Å². The lowest BCUT2D eigenvalue weighted by Gasteiger charge is -2.25. The highest BCUT2D eigenvalue weighted by Crippen LogP contribution is 2.57. The zero-order chi connectivity index (χ0) is 21.0. The summed E-state index contributed by atoms with van der Waals surface area (Å²) in [6.07, 6.45) is 0. The molecule has 5 aromatic rings. The molecule has 148 valence electrons. The molecule has 4 aromatic carbocycles. The van der Waals surface area contributed by atoms with Crippen LogP contribution >= 0.6 is 0 Å². The van der Waals surface area contributed by atoms with Gasteiger partial charge in [0.1, 0.15) is 0 Å². The molecular formula is C29H20FN. The van der Waals surface area contributed by atoms with Gasteiger partial charge >= 0.3 is 0 Å². The van der Waals surface area contributed by atoms with Crippen molar-refractivity contribution in [3.8, 4) is 22.4 Å². The van der Waals surface area contributed by atoms with Crippen LogP contribution in [0.1, 0.15) is 22.3 Å². The molecular weight excluding hydrogens is 381 g/mol. The molecule has 0 aliphatic heterocycles.